The van der Waals surface area contributed by atoms with Crippen molar-refractivity contribution < 1.29 is 14.3 Å². The van der Waals surface area contributed by atoms with E-state index in [0.717, 1.165) is 0 Å². The van der Waals surface area contributed by atoms with Crippen LogP contribution < -0.4 is 5.73 Å². The third-order valence-corrected chi connectivity index (χ3v) is 2.89. The molecule has 0 fully saturated rings. The highest BCUT2D eigenvalue weighted by atomic mass is 127. The average Bonchev–Trinajstić information content (AvgIpc) is 2.01. The lowest BCUT2D eigenvalue weighted by Crippen LogP contribution is -2.08. The van der Waals surface area contributed by atoms with Gasteiger partial charge in [-0.15, -0.1) is 0 Å². The van der Waals surface area contributed by atoms with E-state index in [4.69, 9.17) is 10.8 Å². The van der Waals surface area contributed by atoms with Crippen molar-refractivity contribution in [2.75, 3.05) is 5.73 Å². The molecule has 0 saturated heterocycles. The maximum absolute atomic E-state index is 13.2. The number of anilines is 1. The average molecular weight is 360 g/mol. The van der Waals surface area contributed by atoms with E-state index < -0.39 is 17.3 Å². The molecule has 1 aromatic carbocycles. The SMILES string of the molecule is Nc1c(I)cc(Br)c(F)c1C(=O)O. The highest BCUT2D eigenvalue weighted by Crippen LogP contribution is 2.28. The van der Waals surface area contributed by atoms with E-state index in [1.54, 1.807) is 0 Å². The molecule has 0 spiro atoms. The largest absolute Gasteiger partial charge is 0.478 e. The fourth-order valence-corrected chi connectivity index (χ4v) is 2.25. The molecule has 3 nitrogen and oxygen atoms in total. The van der Waals surface area contributed by atoms with Crippen LogP contribution in [0.1, 0.15) is 10.4 Å². The van der Waals surface area contributed by atoms with Crippen LogP contribution in [0.5, 0.6) is 0 Å². The minimum atomic E-state index is -1.37. The van der Waals surface area contributed by atoms with Crippen LogP contribution in [0, 0.1) is 9.39 Å². The van der Waals surface area contributed by atoms with Crippen molar-refractivity contribution in [3.8, 4) is 0 Å². The first-order valence-electron chi connectivity index (χ1n) is 3.11. The van der Waals surface area contributed by atoms with Gasteiger partial charge in [0.2, 0.25) is 0 Å². The van der Waals surface area contributed by atoms with Gasteiger partial charge in [0, 0.05) is 3.57 Å². The van der Waals surface area contributed by atoms with Crippen LogP contribution in [0.4, 0.5) is 10.1 Å². The van der Waals surface area contributed by atoms with Gasteiger partial charge in [0.25, 0.3) is 0 Å². The lowest BCUT2D eigenvalue weighted by atomic mass is 10.2. The molecule has 0 radical (unpaired) electrons. The van der Waals surface area contributed by atoms with Gasteiger partial charge in [-0.25, -0.2) is 9.18 Å². The molecule has 1 aromatic rings. The summed E-state index contributed by atoms with van der Waals surface area (Å²) in [6, 6.07) is 1.43. The van der Waals surface area contributed by atoms with Gasteiger partial charge in [0.05, 0.1) is 10.2 Å². The summed E-state index contributed by atoms with van der Waals surface area (Å²) >= 11 is 4.74. The van der Waals surface area contributed by atoms with Gasteiger partial charge in [-0.3, -0.25) is 0 Å². The van der Waals surface area contributed by atoms with Crippen molar-refractivity contribution in [2.24, 2.45) is 0 Å². The number of nitrogen functional groups attached to an aromatic ring is 1. The first-order valence-corrected chi connectivity index (χ1v) is 4.98. The normalized spacial score (nSPS) is 10.1. The Morgan fingerprint density at radius 3 is 2.69 bits per heavy atom. The number of carboxylic acid groups (broad SMARTS) is 1. The quantitative estimate of drug-likeness (QED) is 0.460. The third kappa shape index (κ3) is 1.93. The number of hydrogen-bond donors (Lipinski definition) is 2. The Kier molecular flexibility index (Phi) is 3.12. The van der Waals surface area contributed by atoms with E-state index in [2.05, 4.69) is 15.9 Å². The monoisotopic (exact) mass is 359 g/mol. The fraction of sp³-hybridized carbons (Fsp3) is 0. The van der Waals surface area contributed by atoms with Gasteiger partial charge in [-0.1, -0.05) is 0 Å². The molecule has 13 heavy (non-hydrogen) atoms. The second-order valence-corrected chi connectivity index (χ2v) is 4.26. The van der Waals surface area contributed by atoms with Crippen LogP contribution in [-0.2, 0) is 0 Å². The summed E-state index contributed by atoms with van der Waals surface area (Å²) in [7, 11) is 0. The second kappa shape index (κ2) is 3.79. The van der Waals surface area contributed by atoms with E-state index in [0.29, 0.717) is 3.57 Å². The number of carbonyl (C=O) groups is 1. The minimum absolute atomic E-state index is 0.0474. The van der Waals surface area contributed by atoms with E-state index in [1.807, 2.05) is 22.6 Å². The van der Waals surface area contributed by atoms with Gasteiger partial charge < -0.3 is 10.8 Å². The van der Waals surface area contributed by atoms with E-state index in [1.165, 1.54) is 6.07 Å². The smallest absolute Gasteiger partial charge is 0.340 e. The predicted octanol–water partition coefficient (Wildman–Crippen LogP) is 2.47. The first-order chi connectivity index (χ1) is 5.95. The zero-order chi connectivity index (χ0) is 10.2. The van der Waals surface area contributed by atoms with E-state index in [9.17, 15) is 9.18 Å². The van der Waals surface area contributed by atoms with Gasteiger partial charge in [0.15, 0.2) is 5.82 Å². The lowest BCUT2D eigenvalue weighted by Gasteiger charge is -2.06. The summed E-state index contributed by atoms with van der Waals surface area (Å²) in [5.74, 6) is -2.21. The van der Waals surface area contributed by atoms with Crippen LogP contribution in [0.2, 0.25) is 0 Å². The number of nitrogens with two attached hydrogens (primary N) is 1. The molecule has 1 rings (SSSR count). The number of aromatic carboxylic acids is 1. The fourth-order valence-electron chi connectivity index (χ4n) is 0.819. The van der Waals surface area contributed by atoms with Crippen LogP contribution >= 0.6 is 38.5 Å². The summed E-state index contributed by atoms with van der Waals surface area (Å²) in [6.45, 7) is 0. The zero-order valence-electron chi connectivity index (χ0n) is 6.14. The van der Waals surface area contributed by atoms with Crippen LogP contribution in [-0.4, -0.2) is 11.1 Å². The topological polar surface area (TPSA) is 63.3 Å². The van der Waals surface area contributed by atoms with Gasteiger partial charge >= 0.3 is 5.97 Å². The molecule has 0 aliphatic heterocycles. The Morgan fingerprint density at radius 2 is 2.23 bits per heavy atom. The van der Waals surface area contributed by atoms with Crippen molar-refractivity contribution in [2.45, 2.75) is 0 Å². The molecule has 3 N–H and O–H groups in total. The number of rotatable bonds is 1. The Balaban J connectivity index is 3.56. The Hall–Kier alpha value is -0.370. The van der Waals surface area contributed by atoms with Crippen LogP contribution in [0.3, 0.4) is 0 Å². The third-order valence-electron chi connectivity index (χ3n) is 1.42. The Morgan fingerprint density at radius 1 is 1.69 bits per heavy atom. The summed E-state index contributed by atoms with van der Waals surface area (Å²) < 4.78 is 13.8. The Bertz CT molecular complexity index is 357. The first kappa shape index (κ1) is 10.7. The van der Waals surface area contributed by atoms with Gasteiger partial charge in [-0.05, 0) is 44.6 Å². The maximum atomic E-state index is 13.2. The van der Waals surface area contributed by atoms with Gasteiger partial charge in [-0.2, -0.15) is 0 Å². The van der Waals surface area contributed by atoms with Crippen molar-refractivity contribution in [1.29, 1.82) is 0 Å². The highest BCUT2D eigenvalue weighted by Gasteiger charge is 2.19. The molecular formula is C7H4BrFINO2. The molecule has 0 bridgehead atoms. The molecule has 0 aromatic heterocycles. The molecular weight excluding hydrogens is 356 g/mol. The summed E-state index contributed by atoms with van der Waals surface area (Å²) in [5, 5.41) is 8.65. The highest BCUT2D eigenvalue weighted by molar-refractivity contribution is 14.1. The summed E-state index contributed by atoms with van der Waals surface area (Å²) in [5.41, 5.74) is 4.87. The van der Waals surface area contributed by atoms with E-state index >= 15 is 0 Å². The Labute approximate surface area is 95.4 Å². The van der Waals surface area contributed by atoms with E-state index in [-0.39, 0.29) is 10.2 Å². The van der Waals surface area contributed by atoms with Crippen LogP contribution in [0.15, 0.2) is 10.5 Å². The van der Waals surface area contributed by atoms with Crippen LogP contribution in [0.25, 0.3) is 0 Å². The lowest BCUT2D eigenvalue weighted by molar-refractivity contribution is 0.0693. The minimum Gasteiger partial charge on any atom is -0.478 e. The van der Waals surface area contributed by atoms with Crippen molar-refractivity contribution in [3.63, 3.8) is 0 Å². The molecule has 0 heterocycles. The number of carboxylic acids is 1. The molecule has 0 unspecified atom stereocenters. The maximum Gasteiger partial charge on any atom is 0.340 e. The number of hydrogen-bond acceptors (Lipinski definition) is 2. The number of halogens is 3. The molecule has 0 aliphatic rings. The predicted molar refractivity (Wildman–Crippen MR) is 58.2 cm³/mol. The molecule has 0 atom stereocenters. The van der Waals surface area contributed by atoms with Crippen molar-refractivity contribution in [1.82, 2.24) is 0 Å². The van der Waals surface area contributed by atoms with Gasteiger partial charge in [0.1, 0.15) is 5.56 Å². The molecule has 0 amide bonds. The standard InChI is InChI=1S/C7H4BrFINO2/c8-2-1-3(10)6(11)4(5(2)9)7(12)13/h1H,11H2,(H,12,13). The molecule has 70 valence electrons. The van der Waals surface area contributed by atoms with Crippen molar-refractivity contribution in [3.05, 3.63) is 25.5 Å². The molecule has 6 heteroatoms. The molecule has 0 aliphatic carbocycles. The zero-order valence-corrected chi connectivity index (χ0v) is 9.89. The summed E-state index contributed by atoms with van der Waals surface area (Å²) in [6.07, 6.45) is 0. The number of benzene rings is 1. The van der Waals surface area contributed by atoms with Crippen molar-refractivity contribution >= 4 is 50.2 Å². The summed E-state index contributed by atoms with van der Waals surface area (Å²) in [4.78, 5) is 10.6. The molecule has 0 saturated carbocycles. The second-order valence-electron chi connectivity index (χ2n) is 2.25.